The van der Waals surface area contributed by atoms with Crippen LogP contribution in [0.3, 0.4) is 0 Å². The highest BCUT2D eigenvalue weighted by Crippen LogP contribution is 2.30. The number of rotatable bonds is 3. The van der Waals surface area contributed by atoms with E-state index in [1.807, 2.05) is 6.92 Å². The number of aromatic nitrogens is 2. The summed E-state index contributed by atoms with van der Waals surface area (Å²) in [6.07, 6.45) is -4.42. The number of hydrogen-bond donors (Lipinski definition) is 0. The molecule has 1 aromatic rings. The van der Waals surface area contributed by atoms with Gasteiger partial charge in [-0.25, -0.2) is 0 Å². The summed E-state index contributed by atoms with van der Waals surface area (Å²) in [4.78, 5) is 0.00184. The Labute approximate surface area is 91.7 Å². The quantitative estimate of drug-likeness (QED) is 0.796. The summed E-state index contributed by atoms with van der Waals surface area (Å²) in [6, 6.07) is 0. The minimum absolute atomic E-state index is 0.00184. The normalized spacial score (nSPS) is 14.4. The fourth-order valence-electron chi connectivity index (χ4n) is 0.811. The van der Waals surface area contributed by atoms with Crippen LogP contribution in [0.15, 0.2) is 0 Å². The van der Waals surface area contributed by atoms with Crippen LogP contribution >= 0.6 is 27.3 Å². The second-order valence-electron chi connectivity index (χ2n) is 2.70. The second-order valence-corrected chi connectivity index (χ2v) is 4.90. The first kappa shape index (κ1) is 11.9. The maximum atomic E-state index is 12.0. The molecule has 0 spiro atoms. The minimum atomic E-state index is -4.20. The summed E-state index contributed by atoms with van der Waals surface area (Å²) in [7, 11) is 0. The van der Waals surface area contributed by atoms with Crippen molar-refractivity contribution in [2.24, 2.45) is 0 Å². The lowest BCUT2D eigenvalue weighted by Crippen LogP contribution is -2.11. The molecule has 1 unspecified atom stereocenters. The van der Waals surface area contributed by atoms with Crippen LogP contribution in [0.5, 0.6) is 0 Å². The van der Waals surface area contributed by atoms with E-state index in [2.05, 4.69) is 26.1 Å². The van der Waals surface area contributed by atoms with Crippen LogP contribution in [0.25, 0.3) is 0 Å². The van der Waals surface area contributed by atoms with Crippen molar-refractivity contribution in [2.45, 2.75) is 30.8 Å². The average Bonchev–Trinajstić information content (AvgIpc) is 2.48. The van der Waals surface area contributed by atoms with Crippen LogP contribution in [0.1, 0.15) is 28.2 Å². The third-order valence-electron chi connectivity index (χ3n) is 1.46. The molecule has 0 saturated heterocycles. The van der Waals surface area contributed by atoms with Gasteiger partial charge >= 0.3 is 6.18 Å². The van der Waals surface area contributed by atoms with Gasteiger partial charge in [0.05, 0.1) is 11.2 Å². The molecule has 1 aromatic heterocycles. The van der Waals surface area contributed by atoms with Gasteiger partial charge in [-0.05, 0) is 6.42 Å². The lowest BCUT2D eigenvalue weighted by atomic mass is 10.4. The summed E-state index contributed by atoms with van der Waals surface area (Å²) in [5.41, 5.74) is 0. The van der Waals surface area contributed by atoms with Crippen molar-refractivity contribution in [3.8, 4) is 0 Å². The molecule has 0 aromatic carbocycles. The highest BCUT2D eigenvalue weighted by Gasteiger charge is 2.30. The van der Waals surface area contributed by atoms with Crippen molar-refractivity contribution in [2.75, 3.05) is 0 Å². The first-order valence-corrected chi connectivity index (χ1v) is 5.68. The number of halogens is 4. The lowest BCUT2D eigenvalue weighted by Gasteiger charge is -2.01. The fraction of sp³-hybridized carbons (Fsp3) is 0.714. The Morgan fingerprint density at radius 2 is 2.07 bits per heavy atom. The standard InChI is InChI=1S/C7H8BrF3N2S/c1-2-4(8)6-13-12-5(14-6)3-7(9,10)11/h4H,2-3H2,1H3. The molecule has 0 N–H and O–H groups in total. The molecule has 0 bridgehead atoms. The molecule has 1 rings (SSSR count). The molecular weight excluding hydrogens is 281 g/mol. The Hall–Kier alpha value is -0.170. The largest absolute Gasteiger partial charge is 0.395 e. The van der Waals surface area contributed by atoms with Crippen LogP contribution < -0.4 is 0 Å². The van der Waals surface area contributed by atoms with Crippen molar-refractivity contribution < 1.29 is 13.2 Å². The van der Waals surface area contributed by atoms with Gasteiger partial charge in [0, 0.05) is 0 Å². The SMILES string of the molecule is CCC(Br)c1nnc(CC(F)(F)F)s1. The molecule has 1 heterocycles. The van der Waals surface area contributed by atoms with Gasteiger partial charge in [-0.2, -0.15) is 13.2 Å². The monoisotopic (exact) mass is 288 g/mol. The van der Waals surface area contributed by atoms with Crippen LogP contribution in [0.4, 0.5) is 13.2 Å². The van der Waals surface area contributed by atoms with Gasteiger partial charge < -0.3 is 0 Å². The van der Waals surface area contributed by atoms with E-state index in [4.69, 9.17) is 0 Å². The Bertz CT molecular complexity index is 299. The number of alkyl halides is 4. The zero-order valence-electron chi connectivity index (χ0n) is 7.31. The Kier molecular flexibility index (Phi) is 3.88. The predicted octanol–water partition coefficient (Wildman–Crippen LogP) is 3.49. The molecule has 0 aliphatic rings. The van der Waals surface area contributed by atoms with Crippen LogP contribution in [0.2, 0.25) is 0 Å². The van der Waals surface area contributed by atoms with E-state index in [9.17, 15) is 13.2 Å². The van der Waals surface area contributed by atoms with E-state index >= 15 is 0 Å². The van der Waals surface area contributed by atoms with Crippen LogP contribution in [0, 0.1) is 0 Å². The fourth-order valence-corrected chi connectivity index (χ4v) is 2.12. The summed E-state index contributed by atoms with van der Waals surface area (Å²) in [6.45, 7) is 1.92. The molecule has 0 aliphatic heterocycles. The van der Waals surface area contributed by atoms with Crippen LogP contribution in [-0.2, 0) is 6.42 Å². The maximum absolute atomic E-state index is 12.0. The van der Waals surface area contributed by atoms with E-state index in [1.165, 1.54) is 0 Å². The highest BCUT2D eigenvalue weighted by molar-refractivity contribution is 9.09. The highest BCUT2D eigenvalue weighted by atomic mass is 79.9. The second kappa shape index (κ2) is 4.57. The molecule has 2 nitrogen and oxygen atoms in total. The Balaban J connectivity index is 2.69. The summed E-state index contributed by atoms with van der Waals surface area (Å²) >= 11 is 4.31. The smallest absolute Gasteiger partial charge is 0.171 e. The molecule has 7 heteroatoms. The summed E-state index contributed by atoms with van der Waals surface area (Å²) in [5.74, 6) is 0. The van der Waals surface area contributed by atoms with Gasteiger partial charge in [0.1, 0.15) is 10.0 Å². The molecule has 0 radical (unpaired) electrons. The van der Waals surface area contributed by atoms with E-state index in [1.54, 1.807) is 0 Å². The van der Waals surface area contributed by atoms with Crippen molar-refractivity contribution in [3.63, 3.8) is 0 Å². The van der Waals surface area contributed by atoms with Crippen molar-refractivity contribution in [1.29, 1.82) is 0 Å². The first-order chi connectivity index (χ1) is 6.42. The van der Waals surface area contributed by atoms with Gasteiger partial charge in [-0.1, -0.05) is 34.2 Å². The van der Waals surface area contributed by atoms with Gasteiger partial charge in [0.25, 0.3) is 0 Å². The lowest BCUT2D eigenvalue weighted by molar-refractivity contribution is -0.127. The Morgan fingerprint density at radius 3 is 2.57 bits per heavy atom. The van der Waals surface area contributed by atoms with Crippen molar-refractivity contribution in [3.05, 3.63) is 10.0 Å². The van der Waals surface area contributed by atoms with E-state index < -0.39 is 12.6 Å². The van der Waals surface area contributed by atoms with E-state index in [0.29, 0.717) is 5.01 Å². The first-order valence-electron chi connectivity index (χ1n) is 3.95. The molecule has 0 aliphatic carbocycles. The van der Waals surface area contributed by atoms with Gasteiger partial charge in [-0.15, -0.1) is 10.2 Å². The maximum Gasteiger partial charge on any atom is 0.395 e. The van der Waals surface area contributed by atoms with E-state index in [0.717, 1.165) is 17.8 Å². The Morgan fingerprint density at radius 1 is 1.43 bits per heavy atom. The van der Waals surface area contributed by atoms with Crippen LogP contribution in [-0.4, -0.2) is 16.4 Å². The topological polar surface area (TPSA) is 25.8 Å². The molecule has 0 saturated carbocycles. The van der Waals surface area contributed by atoms with Crippen molar-refractivity contribution in [1.82, 2.24) is 10.2 Å². The number of nitrogens with zero attached hydrogens (tertiary/aromatic N) is 2. The predicted molar refractivity (Wildman–Crippen MR) is 51.6 cm³/mol. The molecule has 14 heavy (non-hydrogen) atoms. The molecule has 0 amide bonds. The molecule has 0 fully saturated rings. The third-order valence-corrected chi connectivity index (χ3v) is 3.88. The van der Waals surface area contributed by atoms with Crippen molar-refractivity contribution >= 4 is 27.3 Å². The van der Waals surface area contributed by atoms with E-state index in [-0.39, 0.29) is 9.83 Å². The summed E-state index contributed by atoms with van der Waals surface area (Å²) in [5, 5.41) is 7.80. The molecule has 80 valence electrons. The average molecular weight is 289 g/mol. The summed E-state index contributed by atoms with van der Waals surface area (Å²) < 4.78 is 35.9. The minimum Gasteiger partial charge on any atom is -0.171 e. The zero-order valence-corrected chi connectivity index (χ0v) is 9.71. The third kappa shape index (κ3) is 3.53. The zero-order chi connectivity index (χ0) is 10.8. The molecule has 1 atom stereocenters. The van der Waals surface area contributed by atoms with Gasteiger partial charge in [0.15, 0.2) is 0 Å². The van der Waals surface area contributed by atoms with Gasteiger partial charge in [0.2, 0.25) is 0 Å². The van der Waals surface area contributed by atoms with Gasteiger partial charge in [-0.3, -0.25) is 0 Å². The number of hydrogen-bond acceptors (Lipinski definition) is 3. The molecular formula is C7H8BrF3N2S.